The summed E-state index contributed by atoms with van der Waals surface area (Å²) in [5, 5.41) is 2.62. The summed E-state index contributed by atoms with van der Waals surface area (Å²) >= 11 is 0. The predicted molar refractivity (Wildman–Crippen MR) is 119 cm³/mol. The maximum absolute atomic E-state index is 14.1. The summed E-state index contributed by atoms with van der Waals surface area (Å²) in [7, 11) is -3.51. The van der Waals surface area contributed by atoms with Gasteiger partial charge in [0.1, 0.15) is 5.82 Å². The van der Waals surface area contributed by atoms with Crippen molar-refractivity contribution in [1.29, 1.82) is 0 Å². The summed E-state index contributed by atoms with van der Waals surface area (Å²) in [6.07, 6.45) is 4.23. The van der Waals surface area contributed by atoms with Crippen molar-refractivity contribution in [1.82, 2.24) is 8.87 Å². The van der Waals surface area contributed by atoms with Gasteiger partial charge < -0.3 is 9.88 Å². The van der Waals surface area contributed by atoms with Crippen LogP contribution in [-0.2, 0) is 21.2 Å². The van der Waals surface area contributed by atoms with Crippen LogP contribution in [0.1, 0.15) is 25.8 Å². The Bertz CT molecular complexity index is 1120. The second kappa shape index (κ2) is 9.89. The van der Waals surface area contributed by atoms with E-state index < -0.39 is 15.8 Å². The highest BCUT2D eigenvalue weighted by molar-refractivity contribution is 7.89. The lowest BCUT2D eigenvalue weighted by Crippen LogP contribution is -2.30. The molecule has 0 atom stereocenters. The fraction of sp³-hybridized carbons (Fsp3) is 0.261. The summed E-state index contributed by atoms with van der Waals surface area (Å²) in [4.78, 5) is 12.6. The molecule has 8 heteroatoms. The van der Waals surface area contributed by atoms with E-state index in [1.54, 1.807) is 50.2 Å². The van der Waals surface area contributed by atoms with Crippen LogP contribution in [0.2, 0.25) is 0 Å². The van der Waals surface area contributed by atoms with Crippen LogP contribution in [0, 0.1) is 5.82 Å². The number of nitrogens with one attached hydrogen (secondary N) is 1. The third-order valence-electron chi connectivity index (χ3n) is 5.03. The zero-order chi connectivity index (χ0) is 22.4. The fourth-order valence-electron chi connectivity index (χ4n) is 3.29. The van der Waals surface area contributed by atoms with Gasteiger partial charge in [-0.1, -0.05) is 26.0 Å². The van der Waals surface area contributed by atoms with Gasteiger partial charge in [-0.05, 0) is 54.4 Å². The number of amides is 1. The Morgan fingerprint density at radius 2 is 1.68 bits per heavy atom. The molecule has 0 aliphatic carbocycles. The maximum atomic E-state index is 14.1. The molecule has 2 aromatic carbocycles. The van der Waals surface area contributed by atoms with Crippen LogP contribution in [0.3, 0.4) is 0 Å². The number of aromatic nitrogens is 1. The Labute approximate surface area is 182 Å². The molecule has 0 radical (unpaired) electrons. The molecule has 164 valence electrons. The van der Waals surface area contributed by atoms with E-state index in [2.05, 4.69) is 5.32 Å². The van der Waals surface area contributed by atoms with Gasteiger partial charge in [-0.2, -0.15) is 4.31 Å². The molecule has 1 N–H and O–H groups in total. The number of carbonyl (C=O) groups excluding carboxylic acids is 1. The monoisotopic (exact) mass is 443 g/mol. The average Bonchev–Trinajstić information content (AvgIpc) is 3.30. The summed E-state index contributed by atoms with van der Waals surface area (Å²) in [5.74, 6) is -0.821. The van der Waals surface area contributed by atoms with Crippen LogP contribution in [0.15, 0.2) is 71.9 Å². The van der Waals surface area contributed by atoms with Crippen molar-refractivity contribution in [3.8, 4) is 5.69 Å². The van der Waals surface area contributed by atoms with Crippen molar-refractivity contribution in [3.63, 3.8) is 0 Å². The molecule has 6 nitrogen and oxygen atoms in total. The lowest BCUT2D eigenvalue weighted by molar-refractivity contribution is -0.116. The number of sulfonamides is 1. The molecule has 3 aromatic rings. The highest BCUT2D eigenvalue weighted by atomic mass is 32.2. The number of aryl methyl sites for hydroxylation is 1. The van der Waals surface area contributed by atoms with Crippen molar-refractivity contribution in [2.75, 3.05) is 18.4 Å². The van der Waals surface area contributed by atoms with Crippen LogP contribution in [0.5, 0.6) is 0 Å². The Balaban J connectivity index is 1.62. The summed E-state index contributed by atoms with van der Waals surface area (Å²) in [5.41, 5.74) is 1.69. The minimum Gasteiger partial charge on any atom is -0.324 e. The normalized spacial score (nSPS) is 11.6. The van der Waals surface area contributed by atoms with Crippen LogP contribution < -0.4 is 5.32 Å². The number of anilines is 1. The number of benzene rings is 2. The van der Waals surface area contributed by atoms with Crippen LogP contribution in [-0.4, -0.2) is 36.3 Å². The number of hydrogen-bond donors (Lipinski definition) is 1. The molecule has 0 saturated heterocycles. The highest BCUT2D eigenvalue weighted by Crippen LogP contribution is 2.20. The first kappa shape index (κ1) is 22.7. The van der Waals surface area contributed by atoms with Crippen molar-refractivity contribution in [2.45, 2.75) is 31.6 Å². The van der Waals surface area contributed by atoms with Gasteiger partial charge in [0.15, 0.2) is 0 Å². The summed E-state index contributed by atoms with van der Waals surface area (Å²) in [6, 6.07) is 14.8. The van der Waals surface area contributed by atoms with Crippen LogP contribution in [0.25, 0.3) is 5.69 Å². The Morgan fingerprint density at radius 1 is 1.03 bits per heavy atom. The van der Waals surface area contributed by atoms with E-state index in [-0.39, 0.29) is 22.9 Å². The Kier molecular flexibility index (Phi) is 7.25. The second-order valence-electron chi connectivity index (χ2n) is 7.04. The first-order valence-electron chi connectivity index (χ1n) is 10.2. The molecule has 1 heterocycles. The minimum atomic E-state index is -3.51. The molecular weight excluding hydrogens is 417 g/mol. The first-order valence-corrected chi connectivity index (χ1v) is 11.6. The van der Waals surface area contributed by atoms with Gasteiger partial charge in [-0.3, -0.25) is 4.79 Å². The Hall–Kier alpha value is -2.97. The number of halogens is 1. The van der Waals surface area contributed by atoms with E-state index in [9.17, 15) is 17.6 Å². The molecule has 0 saturated carbocycles. The third kappa shape index (κ3) is 5.39. The number of nitrogens with zero attached hydrogens (tertiary/aromatic N) is 2. The highest BCUT2D eigenvalue weighted by Gasteiger charge is 2.21. The topological polar surface area (TPSA) is 71.4 Å². The largest absolute Gasteiger partial charge is 0.324 e. The number of hydrogen-bond acceptors (Lipinski definition) is 3. The average molecular weight is 444 g/mol. The molecule has 0 bridgehead atoms. The first-order chi connectivity index (χ1) is 14.8. The van der Waals surface area contributed by atoms with Crippen LogP contribution >= 0.6 is 0 Å². The van der Waals surface area contributed by atoms with E-state index in [0.717, 1.165) is 11.3 Å². The van der Waals surface area contributed by atoms with E-state index in [0.29, 0.717) is 19.5 Å². The van der Waals surface area contributed by atoms with Gasteiger partial charge in [0, 0.05) is 37.6 Å². The van der Waals surface area contributed by atoms with Gasteiger partial charge in [0.25, 0.3) is 0 Å². The maximum Gasteiger partial charge on any atom is 0.243 e. The molecule has 1 aromatic heterocycles. The minimum absolute atomic E-state index is 0.122. The Morgan fingerprint density at radius 3 is 2.29 bits per heavy atom. The molecule has 3 rings (SSSR count). The molecule has 0 aliphatic heterocycles. The van der Waals surface area contributed by atoms with Gasteiger partial charge >= 0.3 is 0 Å². The summed E-state index contributed by atoms with van der Waals surface area (Å²) < 4.78 is 42.4. The molecule has 0 spiro atoms. The molecular formula is C23H26FN3O3S. The number of rotatable bonds is 9. The lowest BCUT2D eigenvalue weighted by atomic mass is 10.1. The van der Waals surface area contributed by atoms with E-state index in [4.69, 9.17) is 0 Å². The van der Waals surface area contributed by atoms with E-state index in [1.807, 2.05) is 29.1 Å². The van der Waals surface area contributed by atoms with E-state index >= 15 is 0 Å². The zero-order valence-electron chi connectivity index (χ0n) is 17.6. The molecule has 0 unspecified atom stereocenters. The van der Waals surface area contributed by atoms with E-state index in [1.165, 1.54) is 10.4 Å². The van der Waals surface area contributed by atoms with Gasteiger partial charge in [-0.15, -0.1) is 0 Å². The van der Waals surface area contributed by atoms with Crippen LogP contribution in [0.4, 0.5) is 10.1 Å². The molecule has 0 fully saturated rings. The van der Waals surface area contributed by atoms with Crippen molar-refractivity contribution >= 4 is 21.6 Å². The van der Waals surface area contributed by atoms with Gasteiger partial charge in [0.2, 0.25) is 15.9 Å². The lowest BCUT2D eigenvalue weighted by Gasteiger charge is -2.18. The van der Waals surface area contributed by atoms with Crippen molar-refractivity contribution in [2.24, 2.45) is 0 Å². The molecule has 31 heavy (non-hydrogen) atoms. The zero-order valence-corrected chi connectivity index (χ0v) is 18.4. The van der Waals surface area contributed by atoms with Crippen molar-refractivity contribution < 1.29 is 17.6 Å². The SMILES string of the molecule is CCN(CC)S(=O)(=O)c1ccc(CCC(=O)Nc2cc(-n3cccc3)ccc2F)cc1. The summed E-state index contributed by atoms with van der Waals surface area (Å²) in [6.45, 7) is 4.40. The smallest absolute Gasteiger partial charge is 0.243 e. The third-order valence-corrected chi connectivity index (χ3v) is 7.10. The van der Waals surface area contributed by atoms with Crippen molar-refractivity contribution in [3.05, 3.63) is 78.4 Å². The molecule has 0 aliphatic rings. The quantitative estimate of drug-likeness (QED) is 0.538. The molecule has 1 amide bonds. The van der Waals surface area contributed by atoms with Gasteiger partial charge in [0.05, 0.1) is 10.6 Å². The fourth-order valence-corrected chi connectivity index (χ4v) is 4.75. The van der Waals surface area contributed by atoms with Gasteiger partial charge in [-0.25, -0.2) is 12.8 Å². The second-order valence-corrected chi connectivity index (χ2v) is 8.97. The predicted octanol–water partition coefficient (Wildman–Crippen LogP) is 4.22. The number of carbonyl (C=O) groups is 1. The standard InChI is InChI=1S/C23H26FN3O3S/c1-3-27(4-2)31(29,30)20-11-7-18(8-12-20)9-14-23(28)25-22-17-19(10-13-21(22)24)26-15-5-6-16-26/h5-8,10-13,15-17H,3-4,9,14H2,1-2H3,(H,25,28).